The summed E-state index contributed by atoms with van der Waals surface area (Å²) in [5.74, 6) is -0.984. The van der Waals surface area contributed by atoms with Gasteiger partial charge in [0, 0.05) is 15.7 Å². The van der Waals surface area contributed by atoms with Gasteiger partial charge >= 0.3 is 0 Å². The monoisotopic (exact) mass is 420 g/mol. The number of anilines is 1. The summed E-state index contributed by atoms with van der Waals surface area (Å²) in [4.78, 5) is 37.9. The van der Waals surface area contributed by atoms with Crippen molar-refractivity contribution in [1.29, 1.82) is 0 Å². The lowest BCUT2D eigenvalue weighted by Gasteiger charge is -2.12. The van der Waals surface area contributed by atoms with Gasteiger partial charge in [-0.1, -0.05) is 47.0 Å². The molecule has 0 atom stereocenters. The van der Waals surface area contributed by atoms with E-state index in [9.17, 15) is 14.4 Å². The molecule has 0 aromatic heterocycles. The molecule has 2 aromatic rings. The van der Waals surface area contributed by atoms with Crippen LogP contribution in [0.3, 0.4) is 0 Å². The summed E-state index contributed by atoms with van der Waals surface area (Å²) in [5, 5.41) is 3.00. The molecule has 0 spiro atoms. The van der Waals surface area contributed by atoms with Crippen LogP contribution in [0.4, 0.5) is 10.5 Å². The van der Waals surface area contributed by atoms with Crippen LogP contribution in [0.5, 0.6) is 0 Å². The number of imide groups is 1. The maximum atomic E-state index is 12.5. The number of benzene rings is 2. The molecule has 0 saturated carbocycles. The highest BCUT2D eigenvalue weighted by Gasteiger charge is 2.36. The molecule has 3 amide bonds. The van der Waals surface area contributed by atoms with Crippen molar-refractivity contribution in [3.8, 4) is 0 Å². The molecule has 3 rings (SSSR count). The maximum Gasteiger partial charge on any atom is 0.294 e. The van der Waals surface area contributed by atoms with E-state index < -0.39 is 17.1 Å². The average Bonchev–Trinajstić information content (AvgIpc) is 2.87. The first-order valence-electron chi connectivity index (χ1n) is 7.90. The highest BCUT2D eigenvalue weighted by atomic mass is 35.5. The van der Waals surface area contributed by atoms with Crippen molar-refractivity contribution in [2.45, 2.75) is 6.92 Å². The van der Waals surface area contributed by atoms with Gasteiger partial charge in [-0.05, 0) is 54.6 Å². The van der Waals surface area contributed by atoms with Crippen molar-refractivity contribution in [2.75, 3.05) is 11.9 Å². The Morgan fingerprint density at radius 2 is 1.85 bits per heavy atom. The predicted molar refractivity (Wildman–Crippen MR) is 109 cm³/mol. The number of nitrogens with zero attached hydrogens (tertiary/aromatic N) is 1. The first kappa shape index (κ1) is 19.5. The number of halogens is 2. The largest absolute Gasteiger partial charge is 0.325 e. The molecular formula is C19H14Cl2N2O3S. The normalized spacial score (nSPS) is 15.5. The number of carbonyl (C=O) groups is 3. The third-order valence-corrected chi connectivity index (χ3v) is 5.23. The van der Waals surface area contributed by atoms with Crippen LogP contribution in [-0.4, -0.2) is 28.5 Å². The molecule has 8 heteroatoms. The van der Waals surface area contributed by atoms with Gasteiger partial charge in [-0.25, -0.2) is 0 Å². The van der Waals surface area contributed by atoms with Gasteiger partial charge in [-0.2, -0.15) is 0 Å². The molecular weight excluding hydrogens is 407 g/mol. The van der Waals surface area contributed by atoms with Crippen molar-refractivity contribution in [2.24, 2.45) is 0 Å². The number of thioether (sulfide) groups is 1. The number of hydrogen-bond acceptors (Lipinski definition) is 4. The van der Waals surface area contributed by atoms with Crippen molar-refractivity contribution in [3.05, 3.63) is 68.5 Å². The standard InChI is InChI=1S/C19H14Cl2N2O3S/c1-11-2-6-14(7-3-11)22-17(24)10-23-18(25)16(27-19(23)26)8-12-4-5-13(20)9-15(12)21/h2-9H,10H2,1H3,(H,22,24)/b16-8+. The summed E-state index contributed by atoms with van der Waals surface area (Å²) in [5.41, 5.74) is 2.22. The van der Waals surface area contributed by atoms with Gasteiger partial charge in [0.15, 0.2) is 0 Å². The average molecular weight is 421 g/mol. The van der Waals surface area contributed by atoms with E-state index in [1.807, 2.05) is 19.1 Å². The second kappa shape index (κ2) is 8.17. The zero-order chi connectivity index (χ0) is 19.6. The van der Waals surface area contributed by atoms with E-state index in [4.69, 9.17) is 23.2 Å². The quantitative estimate of drug-likeness (QED) is 0.708. The zero-order valence-electron chi connectivity index (χ0n) is 14.2. The van der Waals surface area contributed by atoms with Crippen LogP contribution in [0.2, 0.25) is 10.0 Å². The Balaban J connectivity index is 1.71. The van der Waals surface area contributed by atoms with E-state index in [2.05, 4.69) is 5.32 Å². The van der Waals surface area contributed by atoms with Gasteiger partial charge in [-0.15, -0.1) is 0 Å². The van der Waals surface area contributed by atoms with E-state index in [0.717, 1.165) is 22.2 Å². The fourth-order valence-corrected chi connectivity index (χ4v) is 3.67. The van der Waals surface area contributed by atoms with Gasteiger partial charge < -0.3 is 5.32 Å². The molecule has 1 heterocycles. The van der Waals surface area contributed by atoms with Gasteiger partial charge in [0.05, 0.1) is 4.91 Å². The van der Waals surface area contributed by atoms with Crippen LogP contribution in [0.15, 0.2) is 47.4 Å². The summed E-state index contributed by atoms with van der Waals surface area (Å²) in [6, 6.07) is 12.1. The van der Waals surface area contributed by atoms with Gasteiger partial charge in [0.1, 0.15) is 6.54 Å². The molecule has 0 radical (unpaired) electrons. The van der Waals surface area contributed by atoms with Crippen LogP contribution < -0.4 is 5.32 Å². The van der Waals surface area contributed by atoms with Crippen LogP contribution >= 0.6 is 35.0 Å². The molecule has 1 fully saturated rings. The highest BCUT2D eigenvalue weighted by molar-refractivity contribution is 8.18. The van der Waals surface area contributed by atoms with Gasteiger partial charge in [-0.3, -0.25) is 19.3 Å². The Kier molecular flexibility index (Phi) is 5.89. The summed E-state index contributed by atoms with van der Waals surface area (Å²) < 4.78 is 0. The summed E-state index contributed by atoms with van der Waals surface area (Å²) in [6.45, 7) is 1.58. The summed E-state index contributed by atoms with van der Waals surface area (Å²) in [7, 11) is 0. The minimum atomic E-state index is -0.532. The fourth-order valence-electron chi connectivity index (χ4n) is 2.38. The van der Waals surface area contributed by atoms with Crippen molar-refractivity contribution in [3.63, 3.8) is 0 Å². The Bertz CT molecular complexity index is 958. The number of hydrogen-bond donors (Lipinski definition) is 1. The van der Waals surface area contributed by atoms with Crippen molar-refractivity contribution < 1.29 is 14.4 Å². The molecule has 2 aromatic carbocycles. The highest BCUT2D eigenvalue weighted by Crippen LogP contribution is 2.33. The van der Waals surface area contributed by atoms with Crippen molar-refractivity contribution >= 4 is 63.8 Å². The number of aryl methyl sites for hydroxylation is 1. The number of amides is 3. The first-order valence-corrected chi connectivity index (χ1v) is 9.47. The lowest BCUT2D eigenvalue weighted by Crippen LogP contribution is -2.36. The molecule has 27 heavy (non-hydrogen) atoms. The zero-order valence-corrected chi connectivity index (χ0v) is 16.5. The molecule has 138 valence electrons. The fraction of sp³-hybridized carbons (Fsp3) is 0.105. The second-order valence-electron chi connectivity index (χ2n) is 5.85. The SMILES string of the molecule is Cc1ccc(NC(=O)CN2C(=O)S/C(=C/c3ccc(Cl)cc3Cl)C2=O)cc1. The van der Waals surface area contributed by atoms with E-state index in [1.54, 1.807) is 30.3 Å². The third kappa shape index (κ3) is 4.71. The second-order valence-corrected chi connectivity index (χ2v) is 7.68. The lowest BCUT2D eigenvalue weighted by atomic mass is 10.2. The first-order chi connectivity index (χ1) is 12.8. The van der Waals surface area contributed by atoms with Crippen LogP contribution in [0, 0.1) is 6.92 Å². The Hall–Kier alpha value is -2.28. The number of rotatable bonds is 4. The molecule has 1 aliphatic rings. The summed E-state index contributed by atoms with van der Waals surface area (Å²) in [6.07, 6.45) is 1.52. The smallest absolute Gasteiger partial charge is 0.294 e. The number of carbonyl (C=O) groups excluding carboxylic acids is 3. The third-order valence-electron chi connectivity index (χ3n) is 3.76. The lowest BCUT2D eigenvalue weighted by molar-refractivity contribution is -0.127. The molecule has 0 aliphatic carbocycles. The molecule has 0 unspecified atom stereocenters. The molecule has 1 aliphatic heterocycles. The van der Waals surface area contributed by atoms with Gasteiger partial charge in [0.25, 0.3) is 11.1 Å². The van der Waals surface area contributed by atoms with E-state index >= 15 is 0 Å². The predicted octanol–water partition coefficient (Wildman–Crippen LogP) is 4.98. The minimum Gasteiger partial charge on any atom is -0.325 e. The Morgan fingerprint density at radius 3 is 2.52 bits per heavy atom. The van der Waals surface area contributed by atoms with Crippen molar-refractivity contribution in [1.82, 2.24) is 4.90 Å². The van der Waals surface area contributed by atoms with Crippen LogP contribution in [0.25, 0.3) is 6.08 Å². The van der Waals surface area contributed by atoms with E-state index in [1.165, 1.54) is 6.08 Å². The van der Waals surface area contributed by atoms with E-state index in [0.29, 0.717) is 21.3 Å². The topological polar surface area (TPSA) is 66.5 Å². The molecule has 1 saturated heterocycles. The van der Waals surface area contributed by atoms with Gasteiger partial charge in [0.2, 0.25) is 5.91 Å². The number of nitrogens with one attached hydrogen (secondary N) is 1. The Morgan fingerprint density at radius 1 is 1.15 bits per heavy atom. The minimum absolute atomic E-state index is 0.201. The maximum absolute atomic E-state index is 12.5. The molecule has 1 N–H and O–H groups in total. The van der Waals surface area contributed by atoms with E-state index in [-0.39, 0.29) is 11.4 Å². The molecule has 5 nitrogen and oxygen atoms in total. The Labute approximate surface area is 170 Å². The molecule has 0 bridgehead atoms. The van der Waals surface area contributed by atoms with Crippen LogP contribution in [0.1, 0.15) is 11.1 Å². The summed E-state index contributed by atoms with van der Waals surface area (Å²) >= 11 is 12.7. The van der Waals surface area contributed by atoms with Crippen LogP contribution in [-0.2, 0) is 9.59 Å².